The molecule has 0 radical (unpaired) electrons. The Morgan fingerprint density at radius 1 is 1.41 bits per heavy atom. The number of aromatic nitrogens is 2. The summed E-state index contributed by atoms with van der Waals surface area (Å²) in [5.74, 6) is -0.310. The van der Waals surface area contributed by atoms with Gasteiger partial charge in [-0.05, 0) is 37.7 Å². The molecule has 1 aromatic heterocycles. The van der Waals surface area contributed by atoms with Gasteiger partial charge in [0.2, 0.25) is 0 Å². The van der Waals surface area contributed by atoms with Crippen molar-refractivity contribution < 1.29 is 14.6 Å². The second kappa shape index (κ2) is 5.12. The van der Waals surface area contributed by atoms with Crippen molar-refractivity contribution in [2.24, 2.45) is 5.92 Å². The fourth-order valence-electron chi connectivity index (χ4n) is 2.01. The van der Waals surface area contributed by atoms with Crippen LogP contribution in [-0.2, 0) is 0 Å². The average molecular weight is 236 g/mol. The molecule has 0 aliphatic heterocycles. The van der Waals surface area contributed by atoms with Crippen molar-refractivity contribution >= 4 is 5.97 Å². The van der Waals surface area contributed by atoms with Crippen molar-refractivity contribution in [3.8, 4) is 6.01 Å². The molecule has 0 saturated heterocycles. The van der Waals surface area contributed by atoms with Gasteiger partial charge in [0.15, 0.2) is 5.69 Å². The first kappa shape index (κ1) is 11.8. The van der Waals surface area contributed by atoms with E-state index in [-0.39, 0.29) is 17.8 Å². The highest BCUT2D eigenvalue weighted by Gasteiger charge is 2.20. The molecule has 0 aromatic carbocycles. The van der Waals surface area contributed by atoms with Gasteiger partial charge in [-0.25, -0.2) is 9.78 Å². The molecule has 5 nitrogen and oxygen atoms in total. The molecule has 1 aromatic rings. The molecular weight excluding hydrogens is 220 g/mol. The number of carboxylic acid groups (broad SMARTS) is 1. The van der Waals surface area contributed by atoms with Gasteiger partial charge in [-0.15, -0.1) is 0 Å². The maximum atomic E-state index is 10.7. The lowest BCUT2D eigenvalue weighted by molar-refractivity contribution is 0.0685. The topological polar surface area (TPSA) is 72.3 Å². The first-order chi connectivity index (χ1) is 8.15. The lowest BCUT2D eigenvalue weighted by Crippen LogP contribution is -2.24. The van der Waals surface area contributed by atoms with E-state index < -0.39 is 5.97 Å². The number of hydrogen-bond donors (Lipinski definition) is 1. The van der Waals surface area contributed by atoms with Crippen molar-refractivity contribution in [2.45, 2.75) is 38.7 Å². The van der Waals surface area contributed by atoms with E-state index in [1.165, 1.54) is 12.3 Å². The van der Waals surface area contributed by atoms with Crippen LogP contribution in [0.4, 0.5) is 0 Å². The van der Waals surface area contributed by atoms with Gasteiger partial charge in [0, 0.05) is 6.20 Å². The molecular formula is C12H16N2O3. The van der Waals surface area contributed by atoms with Crippen molar-refractivity contribution in [2.75, 3.05) is 0 Å². The van der Waals surface area contributed by atoms with Crippen LogP contribution in [0.1, 0.15) is 43.1 Å². The summed E-state index contributed by atoms with van der Waals surface area (Å²) in [5, 5.41) is 8.80. The quantitative estimate of drug-likeness (QED) is 0.870. The SMILES string of the molecule is CC1CCC(Oc2nccc(C(=O)O)n2)CC1. The Morgan fingerprint density at radius 3 is 2.76 bits per heavy atom. The summed E-state index contributed by atoms with van der Waals surface area (Å²) in [6.45, 7) is 2.23. The van der Waals surface area contributed by atoms with Gasteiger partial charge in [0.05, 0.1) is 0 Å². The largest absolute Gasteiger partial charge is 0.477 e. The summed E-state index contributed by atoms with van der Waals surface area (Å²) in [7, 11) is 0. The summed E-state index contributed by atoms with van der Waals surface area (Å²) >= 11 is 0. The summed E-state index contributed by atoms with van der Waals surface area (Å²) in [5.41, 5.74) is -0.0285. The number of aromatic carboxylic acids is 1. The molecule has 1 heterocycles. The second-order valence-electron chi connectivity index (χ2n) is 4.53. The minimum Gasteiger partial charge on any atom is -0.477 e. The van der Waals surface area contributed by atoms with Gasteiger partial charge < -0.3 is 9.84 Å². The van der Waals surface area contributed by atoms with Crippen LogP contribution >= 0.6 is 0 Å². The highest BCUT2D eigenvalue weighted by molar-refractivity contribution is 5.85. The molecule has 0 spiro atoms. The third-order valence-corrected chi connectivity index (χ3v) is 3.09. The standard InChI is InChI=1S/C12H16N2O3/c1-8-2-4-9(5-3-8)17-12-13-7-6-10(14-12)11(15)16/h6-9H,2-5H2,1H3,(H,15,16). The van der Waals surface area contributed by atoms with Gasteiger partial charge in [-0.1, -0.05) is 6.92 Å². The minimum absolute atomic E-state index is 0.0285. The summed E-state index contributed by atoms with van der Waals surface area (Å²) in [6, 6.07) is 1.53. The van der Waals surface area contributed by atoms with Crippen molar-refractivity contribution in [3.05, 3.63) is 18.0 Å². The summed E-state index contributed by atoms with van der Waals surface area (Å²) < 4.78 is 5.61. The van der Waals surface area contributed by atoms with Crippen LogP contribution in [0.2, 0.25) is 0 Å². The van der Waals surface area contributed by atoms with E-state index in [4.69, 9.17) is 9.84 Å². The Bertz CT molecular complexity index is 400. The number of nitrogens with zero attached hydrogens (tertiary/aromatic N) is 2. The Kier molecular flexibility index (Phi) is 3.56. The molecule has 1 aliphatic carbocycles. The van der Waals surface area contributed by atoms with Gasteiger partial charge in [-0.2, -0.15) is 4.98 Å². The van der Waals surface area contributed by atoms with Crippen LogP contribution in [0.25, 0.3) is 0 Å². The number of carbonyl (C=O) groups is 1. The van der Waals surface area contributed by atoms with Gasteiger partial charge in [0.1, 0.15) is 6.10 Å². The lowest BCUT2D eigenvalue weighted by Gasteiger charge is -2.25. The van der Waals surface area contributed by atoms with Crippen LogP contribution in [0.3, 0.4) is 0 Å². The van der Waals surface area contributed by atoms with Crippen molar-refractivity contribution in [3.63, 3.8) is 0 Å². The van der Waals surface area contributed by atoms with E-state index in [0.29, 0.717) is 0 Å². The zero-order valence-corrected chi connectivity index (χ0v) is 9.80. The third-order valence-electron chi connectivity index (χ3n) is 3.09. The lowest BCUT2D eigenvalue weighted by atomic mass is 9.89. The molecule has 5 heteroatoms. The molecule has 1 N–H and O–H groups in total. The van der Waals surface area contributed by atoms with Crippen LogP contribution in [0.15, 0.2) is 12.3 Å². The van der Waals surface area contributed by atoms with Gasteiger partial charge >= 0.3 is 12.0 Å². The zero-order chi connectivity index (χ0) is 12.3. The van der Waals surface area contributed by atoms with E-state index in [9.17, 15) is 4.79 Å². The first-order valence-electron chi connectivity index (χ1n) is 5.88. The Labute approximate surface area is 99.9 Å². The highest BCUT2D eigenvalue weighted by Crippen LogP contribution is 2.25. The van der Waals surface area contributed by atoms with Crippen molar-refractivity contribution in [1.82, 2.24) is 9.97 Å². The van der Waals surface area contributed by atoms with E-state index in [0.717, 1.165) is 31.6 Å². The van der Waals surface area contributed by atoms with E-state index in [1.807, 2.05) is 0 Å². The minimum atomic E-state index is -1.06. The monoisotopic (exact) mass is 236 g/mol. The molecule has 0 unspecified atom stereocenters. The molecule has 0 amide bonds. The van der Waals surface area contributed by atoms with Crippen LogP contribution in [0.5, 0.6) is 6.01 Å². The Hall–Kier alpha value is -1.65. The maximum absolute atomic E-state index is 10.7. The molecule has 92 valence electrons. The molecule has 1 saturated carbocycles. The number of ether oxygens (including phenoxy) is 1. The van der Waals surface area contributed by atoms with E-state index in [2.05, 4.69) is 16.9 Å². The zero-order valence-electron chi connectivity index (χ0n) is 9.80. The number of carboxylic acids is 1. The Balaban J connectivity index is 1.98. The predicted octanol–water partition coefficient (Wildman–Crippen LogP) is 2.13. The molecule has 17 heavy (non-hydrogen) atoms. The molecule has 0 atom stereocenters. The fraction of sp³-hybridized carbons (Fsp3) is 0.583. The Morgan fingerprint density at radius 2 is 2.12 bits per heavy atom. The summed E-state index contributed by atoms with van der Waals surface area (Å²) in [6.07, 6.45) is 5.79. The predicted molar refractivity (Wildman–Crippen MR) is 61.0 cm³/mol. The fourth-order valence-corrected chi connectivity index (χ4v) is 2.01. The molecule has 1 fully saturated rings. The van der Waals surface area contributed by atoms with E-state index in [1.54, 1.807) is 0 Å². The molecule has 2 rings (SSSR count). The van der Waals surface area contributed by atoms with Crippen molar-refractivity contribution in [1.29, 1.82) is 0 Å². The van der Waals surface area contributed by atoms with Crippen LogP contribution < -0.4 is 4.74 Å². The smallest absolute Gasteiger partial charge is 0.354 e. The number of rotatable bonds is 3. The highest BCUT2D eigenvalue weighted by atomic mass is 16.5. The maximum Gasteiger partial charge on any atom is 0.354 e. The summed E-state index contributed by atoms with van der Waals surface area (Å²) in [4.78, 5) is 18.5. The van der Waals surface area contributed by atoms with Gasteiger partial charge in [0.25, 0.3) is 0 Å². The average Bonchev–Trinajstić information content (AvgIpc) is 2.32. The van der Waals surface area contributed by atoms with Gasteiger partial charge in [-0.3, -0.25) is 0 Å². The first-order valence-corrected chi connectivity index (χ1v) is 5.88. The van der Waals surface area contributed by atoms with Crippen LogP contribution in [0, 0.1) is 5.92 Å². The van der Waals surface area contributed by atoms with E-state index >= 15 is 0 Å². The normalized spacial score (nSPS) is 24.3. The molecule has 1 aliphatic rings. The number of hydrogen-bond acceptors (Lipinski definition) is 4. The third kappa shape index (κ3) is 3.15. The van der Waals surface area contributed by atoms with Crippen LogP contribution in [-0.4, -0.2) is 27.1 Å². The molecule has 0 bridgehead atoms. The second-order valence-corrected chi connectivity index (χ2v) is 4.53.